The van der Waals surface area contributed by atoms with Crippen molar-refractivity contribution in [1.82, 2.24) is 19.2 Å². The standard InChI is InChI=1S/C22H26N4O5S2/c1-13-5-6-14(2)16(11-13)33(29,30)26-9-7-25(8-10-26)12-17-23-20(27)18-15(3)19(22(28)31-4)32-21(18)24-17/h5-6,11H,7-10,12H2,1-4H3,(H,23,24,27). The third-order valence-electron chi connectivity index (χ3n) is 5.89. The molecule has 0 amide bonds. The first-order valence-electron chi connectivity index (χ1n) is 10.5. The summed E-state index contributed by atoms with van der Waals surface area (Å²) >= 11 is 1.14. The maximum atomic E-state index is 13.1. The fourth-order valence-electron chi connectivity index (χ4n) is 4.01. The minimum atomic E-state index is -3.57. The number of carbonyl (C=O) groups is 1. The van der Waals surface area contributed by atoms with Crippen molar-refractivity contribution in [2.24, 2.45) is 0 Å². The molecule has 11 heteroatoms. The van der Waals surface area contributed by atoms with E-state index in [2.05, 4.69) is 14.9 Å². The summed E-state index contributed by atoms with van der Waals surface area (Å²) in [5.41, 5.74) is 1.90. The van der Waals surface area contributed by atoms with Crippen molar-refractivity contribution >= 4 is 37.5 Å². The third kappa shape index (κ3) is 4.45. The summed E-state index contributed by atoms with van der Waals surface area (Å²) in [6.07, 6.45) is 0. The van der Waals surface area contributed by atoms with E-state index in [-0.39, 0.29) is 5.56 Å². The molecule has 0 unspecified atom stereocenters. The molecule has 0 aliphatic carbocycles. The van der Waals surface area contributed by atoms with Crippen LogP contribution in [0.25, 0.3) is 10.2 Å². The number of rotatable bonds is 5. The first-order valence-corrected chi connectivity index (χ1v) is 12.8. The molecule has 9 nitrogen and oxygen atoms in total. The summed E-state index contributed by atoms with van der Waals surface area (Å²) in [6.45, 7) is 7.51. The Hall–Kier alpha value is -2.60. The quantitative estimate of drug-likeness (QED) is 0.546. The maximum Gasteiger partial charge on any atom is 0.348 e. The number of benzene rings is 1. The number of aryl methyl sites for hydroxylation is 3. The molecule has 1 saturated heterocycles. The molecule has 2 aromatic heterocycles. The van der Waals surface area contributed by atoms with Crippen LogP contribution < -0.4 is 5.56 Å². The average molecular weight is 491 g/mol. The lowest BCUT2D eigenvalue weighted by Gasteiger charge is -2.33. The predicted octanol–water partition coefficient (Wildman–Crippen LogP) is 2.20. The zero-order chi connectivity index (χ0) is 23.9. The molecular formula is C22H26N4O5S2. The van der Waals surface area contributed by atoms with Gasteiger partial charge in [-0.05, 0) is 43.5 Å². The van der Waals surface area contributed by atoms with Crippen LogP contribution in [-0.2, 0) is 21.3 Å². The Kier molecular flexibility index (Phi) is 6.41. The Morgan fingerprint density at radius 1 is 1.18 bits per heavy atom. The van der Waals surface area contributed by atoms with Gasteiger partial charge in [0.25, 0.3) is 5.56 Å². The van der Waals surface area contributed by atoms with Crippen LogP contribution in [0.3, 0.4) is 0 Å². The van der Waals surface area contributed by atoms with E-state index >= 15 is 0 Å². The molecule has 3 heterocycles. The molecule has 0 radical (unpaired) electrons. The molecule has 3 aromatic rings. The Labute approximate surface area is 196 Å². The highest BCUT2D eigenvalue weighted by atomic mass is 32.2. The van der Waals surface area contributed by atoms with Crippen LogP contribution in [0.4, 0.5) is 0 Å². The van der Waals surface area contributed by atoms with Gasteiger partial charge in [0.2, 0.25) is 10.0 Å². The lowest BCUT2D eigenvalue weighted by Crippen LogP contribution is -2.48. The van der Waals surface area contributed by atoms with Crippen LogP contribution in [0.2, 0.25) is 0 Å². The second-order valence-electron chi connectivity index (χ2n) is 8.19. The molecule has 0 bridgehead atoms. The fraction of sp³-hybridized carbons (Fsp3) is 0.409. The first-order chi connectivity index (χ1) is 15.6. The molecule has 176 valence electrons. The highest BCUT2D eigenvalue weighted by Gasteiger charge is 2.30. The van der Waals surface area contributed by atoms with Gasteiger partial charge in [-0.15, -0.1) is 11.3 Å². The Balaban J connectivity index is 1.49. The van der Waals surface area contributed by atoms with Gasteiger partial charge < -0.3 is 9.72 Å². The summed E-state index contributed by atoms with van der Waals surface area (Å²) in [4.78, 5) is 35.2. The van der Waals surface area contributed by atoms with E-state index in [1.165, 1.54) is 11.4 Å². The minimum Gasteiger partial charge on any atom is -0.465 e. The number of aromatic nitrogens is 2. The molecule has 1 aromatic carbocycles. The molecule has 1 fully saturated rings. The number of aromatic amines is 1. The number of H-pyrrole nitrogens is 1. The third-order valence-corrected chi connectivity index (χ3v) is 9.09. The number of ether oxygens (including phenoxy) is 1. The summed E-state index contributed by atoms with van der Waals surface area (Å²) < 4.78 is 32.6. The molecule has 0 spiro atoms. The second kappa shape index (κ2) is 8.98. The van der Waals surface area contributed by atoms with Gasteiger partial charge in [0.15, 0.2) is 0 Å². The van der Waals surface area contributed by atoms with E-state index in [9.17, 15) is 18.0 Å². The Bertz CT molecular complexity index is 1390. The van der Waals surface area contributed by atoms with Crippen LogP contribution in [0.1, 0.15) is 32.2 Å². The van der Waals surface area contributed by atoms with Crippen LogP contribution in [0, 0.1) is 20.8 Å². The summed E-state index contributed by atoms with van der Waals surface area (Å²) in [7, 11) is -2.27. The van der Waals surface area contributed by atoms with Gasteiger partial charge in [-0.1, -0.05) is 12.1 Å². The summed E-state index contributed by atoms with van der Waals surface area (Å²) in [6, 6.07) is 5.45. The lowest BCUT2D eigenvalue weighted by molar-refractivity contribution is 0.0605. The number of piperazine rings is 1. The van der Waals surface area contributed by atoms with E-state index < -0.39 is 16.0 Å². The molecule has 33 heavy (non-hydrogen) atoms. The van der Waals surface area contributed by atoms with Gasteiger partial charge in [0.1, 0.15) is 15.5 Å². The van der Waals surface area contributed by atoms with Gasteiger partial charge in [-0.25, -0.2) is 18.2 Å². The van der Waals surface area contributed by atoms with Crippen LogP contribution in [0.5, 0.6) is 0 Å². The summed E-state index contributed by atoms with van der Waals surface area (Å²) in [5, 5.41) is 0.397. The monoisotopic (exact) mass is 490 g/mol. The van der Waals surface area contributed by atoms with Gasteiger partial charge in [-0.3, -0.25) is 9.69 Å². The van der Waals surface area contributed by atoms with Crippen molar-refractivity contribution in [1.29, 1.82) is 0 Å². The number of methoxy groups -OCH3 is 1. The maximum absolute atomic E-state index is 13.1. The zero-order valence-corrected chi connectivity index (χ0v) is 20.6. The molecule has 0 atom stereocenters. The molecular weight excluding hydrogens is 464 g/mol. The lowest BCUT2D eigenvalue weighted by atomic mass is 10.2. The number of hydrogen-bond acceptors (Lipinski definition) is 8. The summed E-state index contributed by atoms with van der Waals surface area (Å²) in [5.74, 6) is -0.00590. The predicted molar refractivity (Wildman–Crippen MR) is 126 cm³/mol. The molecule has 1 aliphatic rings. The normalized spacial score (nSPS) is 15.8. The number of nitrogens with zero attached hydrogens (tertiary/aromatic N) is 3. The van der Waals surface area contributed by atoms with Crippen LogP contribution in [-0.4, -0.2) is 66.8 Å². The number of nitrogens with one attached hydrogen (secondary N) is 1. The second-order valence-corrected chi connectivity index (χ2v) is 11.1. The van der Waals surface area contributed by atoms with E-state index in [1.54, 1.807) is 19.9 Å². The van der Waals surface area contributed by atoms with Crippen LogP contribution in [0.15, 0.2) is 27.9 Å². The van der Waals surface area contributed by atoms with Crippen molar-refractivity contribution in [3.05, 3.63) is 55.9 Å². The van der Waals surface area contributed by atoms with E-state index in [4.69, 9.17) is 4.74 Å². The number of thiophene rings is 1. The highest BCUT2D eigenvalue weighted by Crippen LogP contribution is 2.28. The number of carbonyl (C=O) groups excluding carboxylic acids is 1. The smallest absolute Gasteiger partial charge is 0.348 e. The number of fused-ring (bicyclic) bond motifs is 1. The van der Waals surface area contributed by atoms with Gasteiger partial charge >= 0.3 is 5.97 Å². The van der Waals surface area contributed by atoms with E-state index in [0.717, 1.165) is 22.5 Å². The number of sulfonamides is 1. The minimum absolute atomic E-state index is 0.296. The molecule has 1 N–H and O–H groups in total. The SMILES string of the molecule is COC(=O)c1sc2nc(CN3CCN(S(=O)(=O)c4cc(C)ccc4C)CC3)[nH]c(=O)c2c1C. The van der Waals surface area contributed by atoms with Crippen molar-refractivity contribution < 1.29 is 17.9 Å². The van der Waals surface area contributed by atoms with E-state index in [1.807, 2.05) is 19.1 Å². The largest absolute Gasteiger partial charge is 0.465 e. The fourth-order valence-corrected chi connectivity index (χ4v) is 6.87. The van der Waals surface area contributed by atoms with Crippen molar-refractivity contribution in [2.75, 3.05) is 33.3 Å². The van der Waals surface area contributed by atoms with Crippen molar-refractivity contribution in [3.8, 4) is 0 Å². The zero-order valence-electron chi connectivity index (χ0n) is 19.0. The Morgan fingerprint density at radius 3 is 2.55 bits per heavy atom. The molecule has 1 aliphatic heterocycles. The average Bonchev–Trinajstić information content (AvgIpc) is 3.12. The number of esters is 1. The van der Waals surface area contributed by atoms with Gasteiger partial charge in [-0.2, -0.15) is 4.31 Å². The van der Waals surface area contributed by atoms with E-state index in [0.29, 0.717) is 64.1 Å². The molecule has 4 rings (SSSR count). The number of hydrogen-bond donors (Lipinski definition) is 1. The highest BCUT2D eigenvalue weighted by molar-refractivity contribution is 7.89. The Morgan fingerprint density at radius 2 is 1.88 bits per heavy atom. The van der Waals surface area contributed by atoms with Gasteiger partial charge in [0.05, 0.1) is 23.9 Å². The first kappa shape index (κ1) is 23.6. The van der Waals surface area contributed by atoms with Crippen LogP contribution >= 0.6 is 11.3 Å². The molecule has 0 saturated carbocycles. The topological polar surface area (TPSA) is 113 Å². The van der Waals surface area contributed by atoms with Crippen molar-refractivity contribution in [3.63, 3.8) is 0 Å². The van der Waals surface area contributed by atoms with Gasteiger partial charge in [0, 0.05) is 26.2 Å². The van der Waals surface area contributed by atoms with Crippen molar-refractivity contribution in [2.45, 2.75) is 32.2 Å².